The number of rotatable bonds is 2. The largest absolute Gasteiger partial charge is 0.365 e. The van der Waals surface area contributed by atoms with Crippen LogP contribution in [-0.2, 0) is 16.0 Å². The van der Waals surface area contributed by atoms with Gasteiger partial charge in [-0.3, -0.25) is 9.59 Å². The topological polar surface area (TPSA) is 40.6 Å². The highest BCUT2D eigenvalue weighted by molar-refractivity contribution is 5.85. The normalized spacial score (nSPS) is 30.3. The molecule has 4 heteroatoms. The minimum atomic E-state index is 0.389. The van der Waals surface area contributed by atoms with Crippen LogP contribution in [0, 0.1) is 0 Å². The molecule has 4 fully saturated rings. The second kappa shape index (κ2) is 7.44. The molecule has 2 aromatic rings. The number of ketones is 2. The number of nitrogens with zero attached hydrogens (tertiary/aromatic N) is 2. The highest BCUT2D eigenvalue weighted by Gasteiger charge is 2.39. The highest BCUT2D eigenvalue weighted by Crippen LogP contribution is 2.44. The van der Waals surface area contributed by atoms with Gasteiger partial charge in [0.15, 0.2) is 0 Å². The van der Waals surface area contributed by atoms with E-state index in [1.165, 1.54) is 46.5 Å². The number of hydrogen-bond acceptors (Lipinski definition) is 4. The number of piperidine rings is 4. The zero-order valence-corrected chi connectivity index (χ0v) is 19.3. The second-order valence-electron chi connectivity index (χ2n) is 11.0. The fourth-order valence-corrected chi connectivity index (χ4v) is 7.70. The fraction of sp³-hybridized carbons (Fsp3) is 0.517. The van der Waals surface area contributed by atoms with E-state index in [2.05, 4.69) is 46.2 Å². The molecule has 0 amide bonds. The summed E-state index contributed by atoms with van der Waals surface area (Å²) >= 11 is 0. The molecule has 33 heavy (non-hydrogen) atoms. The third-order valence-corrected chi connectivity index (χ3v) is 9.02. The molecule has 4 nitrogen and oxygen atoms in total. The molecule has 4 bridgehead atoms. The van der Waals surface area contributed by atoms with Crippen LogP contribution in [0.2, 0.25) is 0 Å². The van der Waals surface area contributed by atoms with Crippen LogP contribution in [0.5, 0.6) is 0 Å². The molecule has 1 aliphatic carbocycles. The minimum Gasteiger partial charge on any atom is -0.365 e. The zero-order chi connectivity index (χ0) is 22.1. The molecule has 0 spiro atoms. The molecule has 4 heterocycles. The molecule has 4 atom stereocenters. The summed E-state index contributed by atoms with van der Waals surface area (Å²) in [7, 11) is 0. The Morgan fingerprint density at radius 3 is 1.36 bits per heavy atom. The maximum absolute atomic E-state index is 12.2. The second-order valence-corrected chi connectivity index (χ2v) is 11.0. The lowest BCUT2D eigenvalue weighted by Gasteiger charge is -2.47. The monoisotopic (exact) mass is 440 g/mol. The lowest BCUT2D eigenvalue weighted by Crippen LogP contribution is -2.52. The van der Waals surface area contributed by atoms with Crippen LogP contribution in [0.15, 0.2) is 36.4 Å². The predicted molar refractivity (Wildman–Crippen MR) is 131 cm³/mol. The Kier molecular flexibility index (Phi) is 4.47. The van der Waals surface area contributed by atoms with Crippen molar-refractivity contribution in [1.82, 2.24) is 0 Å². The van der Waals surface area contributed by atoms with E-state index in [0.717, 1.165) is 57.8 Å². The van der Waals surface area contributed by atoms with Gasteiger partial charge < -0.3 is 9.80 Å². The number of carbonyl (C=O) groups excluding carboxylic acids is 2. The smallest absolute Gasteiger partial charge is 0.137 e. The Morgan fingerprint density at radius 1 is 0.576 bits per heavy atom. The first-order chi connectivity index (χ1) is 16.1. The van der Waals surface area contributed by atoms with Gasteiger partial charge in [-0.1, -0.05) is 12.1 Å². The Bertz CT molecular complexity index is 1030. The van der Waals surface area contributed by atoms with Crippen LogP contribution in [-0.4, -0.2) is 35.7 Å². The molecule has 4 aliphatic heterocycles. The number of carbonyl (C=O) groups is 2. The van der Waals surface area contributed by atoms with Gasteiger partial charge in [0.1, 0.15) is 11.6 Å². The van der Waals surface area contributed by atoms with E-state index in [4.69, 9.17) is 0 Å². The lowest BCUT2D eigenvalue weighted by molar-refractivity contribution is -0.122. The Labute approximate surface area is 196 Å². The summed E-state index contributed by atoms with van der Waals surface area (Å²) in [6, 6.07) is 15.6. The Morgan fingerprint density at radius 2 is 0.970 bits per heavy atom. The van der Waals surface area contributed by atoms with Gasteiger partial charge in [0.25, 0.3) is 0 Å². The van der Waals surface area contributed by atoms with Gasteiger partial charge in [-0.2, -0.15) is 0 Å². The van der Waals surface area contributed by atoms with Crippen molar-refractivity contribution in [2.75, 3.05) is 9.80 Å². The summed E-state index contributed by atoms with van der Waals surface area (Å²) in [6.45, 7) is 0. The van der Waals surface area contributed by atoms with Crippen LogP contribution >= 0.6 is 0 Å². The Hall–Kier alpha value is -2.62. The molecule has 5 aliphatic rings. The van der Waals surface area contributed by atoms with Crippen molar-refractivity contribution in [2.45, 2.75) is 94.8 Å². The molecule has 0 N–H and O–H groups in total. The summed E-state index contributed by atoms with van der Waals surface area (Å²) < 4.78 is 0. The molecule has 4 unspecified atom stereocenters. The van der Waals surface area contributed by atoms with E-state index in [1.54, 1.807) is 0 Å². The standard InChI is InChI=1S/C29H32N2O2/c32-26-14-20-3-1-4-21(15-26)30(20)24-7-9-28-18(12-24)11-19-13-25(8-10-29(19)28)31-22-5-2-6-23(31)17-27(33)16-22/h7-10,12-13,20-23H,1-6,11,14-17H2. The van der Waals surface area contributed by atoms with Gasteiger partial charge in [-0.25, -0.2) is 0 Å². The van der Waals surface area contributed by atoms with Gasteiger partial charge in [-0.05, 0) is 91.5 Å². The molecule has 170 valence electrons. The van der Waals surface area contributed by atoms with Gasteiger partial charge in [-0.15, -0.1) is 0 Å². The van der Waals surface area contributed by atoms with Gasteiger partial charge in [0, 0.05) is 61.2 Å². The summed E-state index contributed by atoms with van der Waals surface area (Å²) in [5.74, 6) is 0.900. The van der Waals surface area contributed by atoms with E-state index >= 15 is 0 Å². The van der Waals surface area contributed by atoms with E-state index in [-0.39, 0.29) is 0 Å². The average Bonchev–Trinajstić information content (AvgIpc) is 3.14. The molecule has 0 aromatic heterocycles. The lowest BCUT2D eigenvalue weighted by atomic mass is 9.83. The fourth-order valence-electron chi connectivity index (χ4n) is 7.70. The average molecular weight is 441 g/mol. The van der Waals surface area contributed by atoms with Crippen molar-refractivity contribution in [3.05, 3.63) is 47.5 Å². The Balaban J connectivity index is 1.19. The first kappa shape index (κ1) is 19.8. The molecule has 7 rings (SSSR count). The van der Waals surface area contributed by atoms with Crippen LogP contribution in [0.1, 0.15) is 75.3 Å². The SMILES string of the molecule is O=C1CC2CCCC(C1)N2c1ccc2c(c1)Cc1cc(N3C4CCCC3CC(=O)C4)ccc1-2. The van der Waals surface area contributed by atoms with Crippen LogP contribution in [0.25, 0.3) is 11.1 Å². The molecular formula is C29H32N2O2. The highest BCUT2D eigenvalue weighted by atomic mass is 16.1. The van der Waals surface area contributed by atoms with Gasteiger partial charge in [0.05, 0.1) is 0 Å². The maximum Gasteiger partial charge on any atom is 0.137 e. The number of fused-ring (bicyclic) bond motifs is 7. The van der Waals surface area contributed by atoms with E-state index in [1.807, 2.05) is 0 Å². The van der Waals surface area contributed by atoms with Crippen molar-refractivity contribution < 1.29 is 9.59 Å². The maximum atomic E-state index is 12.2. The number of Topliss-reactive ketones (excluding diaryl/α,β-unsaturated/α-hetero) is 2. The number of hydrogen-bond donors (Lipinski definition) is 0. The third kappa shape index (κ3) is 3.17. The molecule has 4 saturated heterocycles. The predicted octanol–water partition coefficient (Wildman–Crippen LogP) is 5.44. The van der Waals surface area contributed by atoms with Crippen molar-refractivity contribution in [1.29, 1.82) is 0 Å². The van der Waals surface area contributed by atoms with E-state index in [0.29, 0.717) is 35.7 Å². The van der Waals surface area contributed by atoms with E-state index < -0.39 is 0 Å². The first-order valence-corrected chi connectivity index (χ1v) is 13.0. The van der Waals surface area contributed by atoms with Crippen molar-refractivity contribution in [2.24, 2.45) is 0 Å². The van der Waals surface area contributed by atoms with Crippen molar-refractivity contribution >= 4 is 22.9 Å². The zero-order valence-electron chi connectivity index (χ0n) is 19.3. The quantitative estimate of drug-likeness (QED) is 0.532. The van der Waals surface area contributed by atoms with Crippen LogP contribution in [0.4, 0.5) is 11.4 Å². The molecule has 0 radical (unpaired) electrons. The molecular weight excluding hydrogens is 408 g/mol. The molecule has 2 aromatic carbocycles. The summed E-state index contributed by atoms with van der Waals surface area (Å²) in [4.78, 5) is 29.5. The summed E-state index contributed by atoms with van der Waals surface area (Å²) in [5.41, 5.74) is 8.20. The third-order valence-electron chi connectivity index (χ3n) is 9.02. The number of anilines is 2. The summed E-state index contributed by atoms with van der Waals surface area (Å²) in [6.07, 6.45) is 10.9. The minimum absolute atomic E-state index is 0.389. The first-order valence-electron chi connectivity index (χ1n) is 13.0. The van der Waals surface area contributed by atoms with Gasteiger partial charge in [0.2, 0.25) is 0 Å². The van der Waals surface area contributed by atoms with Crippen LogP contribution in [0.3, 0.4) is 0 Å². The summed E-state index contributed by atoms with van der Waals surface area (Å²) in [5, 5.41) is 0. The number of benzene rings is 2. The van der Waals surface area contributed by atoms with Gasteiger partial charge >= 0.3 is 0 Å². The van der Waals surface area contributed by atoms with E-state index in [9.17, 15) is 9.59 Å². The van der Waals surface area contributed by atoms with Crippen LogP contribution < -0.4 is 9.80 Å². The van der Waals surface area contributed by atoms with Crippen molar-refractivity contribution in [3.63, 3.8) is 0 Å². The van der Waals surface area contributed by atoms with Crippen molar-refractivity contribution in [3.8, 4) is 11.1 Å². The molecule has 0 saturated carbocycles.